The Balaban J connectivity index is 2.10. The van der Waals surface area contributed by atoms with Gasteiger partial charge in [0, 0.05) is 17.3 Å². The summed E-state index contributed by atoms with van der Waals surface area (Å²) >= 11 is 5.97. The molecule has 0 aromatic heterocycles. The second-order valence-electron chi connectivity index (χ2n) is 7.55. The fraction of sp³-hybridized carbons (Fsp3) is 0.263. The van der Waals surface area contributed by atoms with Crippen molar-refractivity contribution in [2.24, 2.45) is 0 Å². The van der Waals surface area contributed by atoms with Gasteiger partial charge in [0.15, 0.2) is 6.61 Å². The van der Waals surface area contributed by atoms with Crippen molar-refractivity contribution in [2.45, 2.75) is 31.2 Å². The number of carbonyl (C=O) groups excluding carboxylic acids is 2. The van der Waals surface area contributed by atoms with E-state index in [2.05, 4.69) is 10.0 Å². The lowest BCUT2D eigenvalue weighted by Gasteiger charge is -2.21. The summed E-state index contributed by atoms with van der Waals surface area (Å²) in [6, 6.07) is 6.16. The molecule has 13 heteroatoms. The van der Waals surface area contributed by atoms with E-state index in [-0.39, 0.29) is 21.2 Å². The molecule has 0 aliphatic carbocycles. The molecule has 0 saturated carbocycles. The van der Waals surface area contributed by atoms with E-state index in [4.69, 9.17) is 16.3 Å². The van der Waals surface area contributed by atoms with E-state index in [1.165, 1.54) is 12.1 Å². The molecular weight excluding hydrogens is 469 g/mol. The zero-order chi connectivity index (χ0) is 24.3. The van der Waals surface area contributed by atoms with Crippen LogP contribution < -0.4 is 10.0 Å². The van der Waals surface area contributed by atoms with Crippen LogP contribution in [0.1, 0.15) is 31.1 Å². The molecule has 2 aromatic rings. The third-order valence-electron chi connectivity index (χ3n) is 3.66. The molecule has 10 nitrogen and oxygen atoms in total. The van der Waals surface area contributed by atoms with Gasteiger partial charge >= 0.3 is 11.7 Å². The third kappa shape index (κ3) is 6.70. The van der Waals surface area contributed by atoms with Gasteiger partial charge in [-0.05, 0) is 51.1 Å². The molecule has 2 aromatic carbocycles. The number of nitro benzene ring substituents is 1. The first-order chi connectivity index (χ1) is 14.7. The first-order valence-electron chi connectivity index (χ1n) is 8.94. The van der Waals surface area contributed by atoms with Crippen LogP contribution in [0, 0.1) is 15.9 Å². The number of anilines is 1. The predicted molar refractivity (Wildman–Crippen MR) is 113 cm³/mol. The Labute approximate surface area is 187 Å². The zero-order valence-electron chi connectivity index (χ0n) is 17.1. The lowest BCUT2D eigenvalue weighted by molar-refractivity contribution is -0.387. The van der Waals surface area contributed by atoms with Gasteiger partial charge in [0.05, 0.1) is 15.5 Å². The van der Waals surface area contributed by atoms with Gasteiger partial charge in [-0.3, -0.25) is 14.9 Å². The lowest BCUT2D eigenvalue weighted by atomic mass is 10.1. The highest BCUT2D eigenvalue weighted by Crippen LogP contribution is 2.25. The number of nitrogens with one attached hydrogen (secondary N) is 2. The maximum Gasteiger partial charge on any atom is 0.338 e. The zero-order valence-corrected chi connectivity index (χ0v) is 18.7. The number of hydrogen-bond acceptors (Lipinski definition) is 7. The number of rotatable bonds is 7. The van der Waals surface area contributed by atoms with Crippen LogP contribution in [0.15, 0.2) is 41.3 Å². The minimum Gasteiger partial charge on any atom is -0.452 e. The Hall–Kier alpha value is -3.09. The molecule has 0 atom stereocenters. The van der Waals surface area contributed by atoms with E-state index >= 15 is 0 Å². The number of amides is 1. The molecule has 1 amide bonds. The van der Waals surface area contributed by atoms with Crippen molar-refractivity contribution in [1.82, 2.24) is 4.72 Å². The summed E-state index contributed by atoms with van der Waals surface area (Å²) in [7, 11) is -4.05. The Kier molecular flexibility index (Phi) is 7.54. The number of nitrogens with zero attached hydrogens (tertiary/aromatic N) is 1. The largest absolute Gasteiger partial charge is 0.452 e. The summed E-state index contributed by atoms with van der Waals surface area (Å²) in [6.07, 6.45) is 0. The first kappa shape index (κ1) is 25.2. The average molecular weight is 488 g/mol. The number of carbonyl (C=O) groups is 2. The molecule has 0 aliphatic heterocycles. The molecule has 2 rings (SSSR count). The summed E-state index contributed by atoms with van der Waals surface area (Å²) in [5.41, 5.74) is -1.88. The normalized spacial score (nSPS) is 11.7. The van der Waals surface area contributed by atoms with E-state index in [1.807, 2.05) is 0 Å². The molecule has 32 heavy (non-hydrogen) atoms. The van der Waals surface area contributed by atoms with Crippen LogP contribution in [0.2, 0.25) is 5.02 Å². The summed E-state index contributed by atoms with van der Waals surface area (Å²) in [5.74, 6) is -2.93. The molecule has 0 radical (unpaired) electrons. The number of hydrogen-bond donors (Lipinski definition) is 2. The topological polar surface area (TPSA) is 145 Å². The minimum atomic E-state index is -4.05. The van der Waals surface area contributed by atoms with Crippen LogP contribution >= 0.6 is 11.6 Å². The van der Waals surface area contributed by atoms with Crippen molar-refractivity contribution in [3.63, 3.8) is 0 Å². The number of nitro groups is 1. The van der Waals surface area contributed by atoms with Gasteiger partial charge in [-0.15, -0.1) is 0 Å². The van der Waals surface area contributed by atoms with E-state index in [9.17, 15) is 32.5 Å². The van der Waals surface area contributed by atoms with Gasteiger partial charge in [-0.25, -0.2) is 17.9 Å². The SMILES string of the molecule is CC(C)(C)NS(=O)(=O)c1cc(C(=O)OCC(=O)Nc2ccc(F)c([N+](=O)[O-])c2)ccc1Cl. The van der Waals surface area contributed by atoms with Crippen molar-refractivity contribution in [3.05, 3.63) is 62.9 Å². The minimum absolute atomic E-state index is 0.0766. The summed E-state index contributed by atoms with van der Waals surface area (Å²) in [5, 5.41) is 12.9. The van der Waals surface area contributed by atoms with Gasteiger partial charge in [-0.2, -0.15) is 4.39 Å². The standard InChI is InChI=1S/C19H19ClFN3O7S/c1-19(2,3)23-32(29,30)16-8-11(4-6-13(16)20)18(26)31-10-17(25)22-12-5-7-14(21)15(9-12)24(27)28/h4-9,23H,10H2,1-3H3,(H,22,25). The molecule has 0 unspecified atom stereocenters. The molecule has 0 spiro atoms. The molecule has 172 valence electrons. The number of sulfonamides is 1. The summed E-state index contributed by atoms with van der Waals surface area (Å²) in [6.45, 7) is 4.11. The van der Waals surface area contributed by atoms with Crippen molar-refractivity contribution >= 4 is 44.9 Å². The van der Waals surface area contributed by atoms with Gasteiger partial charge in [0.2, 0.25) is 15.8 Å². The Morgan fingerprint density at radius 3 is 2.44 bits per heavy atom. The quantitative estimate of drug-likeness (QED) is 0.346. The first-order valence-corrected chi connectivity index (χ1v) is 10.8. The Bertz CT molecular complexity index is 1180. The van der Waals surface area contributed by atoms with Crippen LogP contribution in [0.25, 0.3) is 0 Å². The Morgan fingerprint density at radius 1 is 1.19 bits per heavy atom. The fourth-order valence-electron chi connectivity index (χ4n) is 2.44. The van der Waals surface area contributed by atoms with Crippen LogP contribution in [0.4, 0.5) is 15.8 Å². The van der Waals surface area contributed by atoms with E-state index in [0.717, 1.165) is 24.3 Å². The monoisotopic (exact) mass is 487 g/mol. The average Bonchev–Trinajstić information content (AvgIpc) is 2.65. The second-order valence-corrected chi connectivity index (χ2v) is 9.61. The highest BCUT2D eigenvalue weighted by molar-refractivity contribution is 7.89. The number of ether oxygens (including phenoxy) is 1. The molecule has 0 saturated heterocycles. The van der Waals surface area contributed by atoms with Gasteiger partial charge < -0.3 is 10.1 Å². The lowest BCUT2D eigenvalue weighted by Crippen LogP contribution is -2.40. The predicted octanol–water partition coefficient (Wildman–Crippen LogP) is 3.26. The molecule has 2 N–H and O–H groups in total. The van der Waals surface area contributed by atoms with Crippen LogP contribution in [-0.4, -0.2) is 37.4 Å². The van der Waals surface area contributed by atoms with Crippen LogP contribution in [0.5, 0.6) is 0 Å². The maximum atomic E-state index is 13.4. The van der Waals surface area contributed by atoms with Crippen molar-refractivity contribution in [2.75, 3.05) is 11.9 Å². The molecular formula is C19H19ClFN3O7S. The molecule has 0 bridgehead atoms. The molecule has 0 aliphatic rings. The van der Waals surface area contributed by atoms with Crippen molar-refractivity contribution in [1.29, 1.82) is 0 Å². The van der Waals surface area contributed by atoms with Gasteiger partial charge in [0.25, 0.3) is 5.91 Å². The molecule has 0 heterocycles. The van der Waals surface area contributed by atoms with Gasteiger partial charge in [-0.1, -0.05) is 11.6 Å². The van der Waals surface area contributed by atoms with E-state index in [0.29, 0.717) is 0 Å². The van der Waals surface area contributed by atoms with E-state index in [1.54, 1.807) is 20.8 Å². The summed E-state index contributed by atoms with van der Waals surface area (Å²) < 4.78 is 45.7. The highest BCUT2D eigenvalue weighted by atomic mass is 35.5. The third-order valence-corrected chi connectivity index (χ3v) is 5.90. The second kappa shape index (κ2) is 9.59. The maximum absolute atomic E-state index is 13.4. The fourth-order valence-corrected chi connectivity index (χ4v) is 4.38. The van der Waals surface area contributed by atoms with Gasteiger partial charge in [0.1, 0.15) is 4.90 Å². The molecule has 0 fully saturated rings. The van der Waals surface area contributed by atoms with E-state index < -0.39 is 50.5 Å². The smallest absolute Gasteiger partial charge is 0.338 e. The number of benzene rings is 2. The summed E-state index contributed by atoms with van der Waals surface area (Å²) in [4.78, 5) is 33.7. The number of halogens is 2. The number of esters is 1. The Morgan fingerprint density at radius 2 is 1.84 bits per heavy atom. The van der Waals surface area contributed by atoms with Crippen molar-refractivity contribution in [3.8, 4) is 0 Å². The van der Waals surface area contributed by atoms with Crippen LogP contribution in [0.3, 0.4) is 0 Å². The van der Waals surface area contributed by atoms with Crippen molar-refractivity contribution < 1.29 is 32.1 Å². The van der Waals surface area contributed by atoms with Crippen LogP contribution in [-0.2, 0) is 19.6 Å². The highest BCUT2D eigenvalue weighted by Gasteiger charge is 2.26.